The first-order valence-electron chi connectivity index (χ1n) is 5.63. The third-order valence-corrected chi connectivity index (χ3v) is 3.28. The van der Waals surface area contributed by atoms with Gasteiger partial charge in [0.15, 0.2) is 6.29 Å². The van der Waals surface area contributed by atoms with Crippen molar-refractivity contribution in [3.63, 3.8) is 0 Å². The second-order valence-electron chi connectivity index (χ2n) is 4.37. The molecule has 0 spiro atoms. The largest absolute Gasteiger partial charge is 0.298 e. The van der Waals surface area contributed by atoms with E-state index >= 15 is 0 Å². The Balaban J connectivity index is 2.64. The molecule has 1 aromatic heterocycles. The second-order valence-corrected chi connectivity index (χ2v) is 5.19. The predicted molar refractivity (Wildman–Crippen MR) is 73.4 cm³/mol. The van der Waals surface area contributed by atoms with Crippen molar-refractivity contribution in [2.24, 2.45) is 0 Å². The van der Waals surface area contributed by atoms with Gasteiger partial charge < -0.3 is 0 Å². The van der Waals surface area contributed by atoms with Crippen molar-refractivity contribution >= 4 is 29.5 Å². The van der Waals surface area contributed by atoms with E-state index < -0.39 is 5.82 Å². The van der Waals surface area contributed by atoms with Crippen LogP contribution in [0.3, 0.4) is 0 Å². The first-order chi connectivity index (χ1) is 8.93. The number of nitrogens with zero attached hydrogens (tertiary/aromatic N) is 2. The summed E-state index contributed by atoms with van der Waals surface area (Å²) in [7, 11) is 0. The molecule has 2 rings (SSSR count). The van der Waals surface area contributed by atoms with Gasteiger partial charge >= 0.3 is 0 Å². The highest BCUT2D eigenvalue weighted by molar-refractivity contribution is 6.36. The minimum Gasteiger partial charge on any atom is -0.298 e. The van der Waals surface area contributed by atoms with Crippen molar-refractivity contribution in [1.82, 2.24) is 9.78 Å². The zero-order valence-electron chi connectivity index (χ0n) is 10.3. The molecule has 100 valence electrons. The van der Waals surface area contributed by atoms with Crippen LogP contribution in [-0.4, -0.2) is 16.1 Å². The Labute approximate surface area is 119 Å². The second kappa shape index (κ2) is 5.31. The minimum absolute atomic E-state index is 0.0651. The molecular formula is C13H11Cl2FN2O. The van der Waals surface area contributed by atoms with Gasteiger partial charge in [-0.25, -0.2) is 4.39 Å². The lowest BCUT2D eigenvalue weighted by atomic mass is 10.1. The summed E-state index contributed by atoms with van der Waals surface area (Å²) in [5.74, 6) is -0.600. The van der Waals surface area contributed by atoms with Crippen LogP contribution in [0.2, 0.25) is 10.0 Å². The molecule has 0 bridgehead atoms. The Morgan fingerprint density at radius 2 is 2.00 bits per heavy atom. The van der Waals surface area contributed by atoms with Crippen LogP contribution in [0.25, 0.3) is 11.3 Å². The van der Waals surface area contributed by atoms with Gasteiger partial charge in [-0.05, 0) is 26.0 Å². The fourth-order valence-electron chi connectivity index (χ4n) is 1.67. The zero-order valence-corrected chi connectivity index (χ0v) is 11.8. The summed E-state index contributed by atoms with van der Waals surface area (Å²) < 4.78 is 15.2. The van der Waals surface area contributed by atoms with Gasteiger partial charge in [0.25, 0.3) is 0 Å². The number of aromatic nitrogens is 2. The van der Waals surface area contributed by atoms with E-state index in [1.165, 1.54) is 12.1 Å². The van der Waals surface area contributed by atoms with Gasteiger partial charge in [-0.15, -0.1) is 0 Å². The lowest BCUT2D eigenvalue weighted by molar-refractivity contribution is 0.112. The van der Waals surface area contributed by atoms with Gasteiger partial charge in [0.05, 0.1) is 15.6 Å². The highest BCUT2D eigenvalue weighted by Crippen LogP contribution is 2.33. The van der Waals surface area contributed by atoms with Gasteiger partial charge in [0.1, 0.15) is 11.5 Å². The van der Waals surface area contributed by atoms with Gasteiger partial charge in [-0.1, -0.05) is 23.2 Å². The number of halogens is 3. The average Bonchev–Trinajstić information content (AvgIpc) is 2.77. The van der Waals surface area contributed by atoms with Crippen LogP contribution in [0.4, 0.5) is 4.39 Å². The molecule has 0 saturated carbocycles. The summed E-state index contributed by atoms with van der Waals surface area (Å²) >= 11 is 11.7. The van der Waals surface area contributed by atoms with Gasteiger partial charge in [-0.2, -0.15) is 5.10 Å². The maximum absolute atomic E-state index is 13.5. The summed E-state index contributed by atoms with van der Waals surface area (Å²) in [6, 6.07) is 2.57. The summed E-state index contributed by atoms with van der Waals surface area (Å²) in [6.07, 6.45) is 2.28. The predicted octanol–water partition coefficient (Wildman–Crippen LogP) is 4.39. The number of carbonyl (C=O) groups excluding carboxylic acids is 1. The fourth-order valence-corrected chi connectivity index (χ4v) is 2.14. The lowest BCUT2D eigenvalue weighted by Gasteiger charge is -2.05. The van der Waals surface area contributed by atoms with Crippen molar-refractivity contribution in [3.8, 4) is 11.3 Å². The molecule has 0 amide bonds. The average molecular weight is 301 g/mol. The Morgan fingerprint density at radius 3 is 2.58 bits per heavy atom. The van der Waals surface area contributed by atoms with Crippen LogP contribution in [0, 0.1) is 5.82 Å². The van der Waals surface area contributed by atoms with E-state index in [1.54, 1.807) is 10.9 Å². The van der Waals surface area contributed by atoms with Crippen molar-refractivity contribution in [2.75, 3.05) is 0 Å². The van der Waals surface area contributed by atoms with Crippen molar-refractivity contribution in [1.29, 1.82) is 0 Å². The molecule has 0 aliphatic rings. The Bertz CT molecular complexity index is 638. The molecule has 0 aliphatic heterocycles. The normalized spacial score (nSPS) is 11.1. The lowest BCUT2D eigenvalue weighted by Crippen LogP contribution is -2.00. The number of hydrogen-bond acceptors (Lipinski definition) is 2. The van der Waals surface area contributed by atoms with Crippen LogP contribution in [0.1, 0.15) is 30.2 Å². The highest BCUT2D eigenvalue weighted by Gasteiger charge is 2.17. The Morgan fingerprint density at radius 1 is 1.32 bits per heavy atom. The molecule has 3 nitrogen and oxygen atoms in total. The number of rotatable bonds is 3. The molecule has 0 fully saturated rings. The molecule has 1 aromatic carbocycles. The molecule has 0 aliphatic carbocycles. The Hall–Kier alpha value is -1.39. The molecule has 0 radical (unpaired) electrons. The third-order valence-electron chi connectivity index (χ3n) is 2.68. The first-order valence-corrected chi connectivity index (χ1v) is 6.39. The van der Waals surface area contributed by atoms with E-state index in [1.807, 2.05) is 13.8 Å². The summed E-state index contributed by atoms with van der Waals surface area (Å²) in [5.41, 5.74) is 1.06. The van der Waals surface area contributed by atoms with Gasteiger partial charge in [0.2, 0.25) is 0 Å². The van der Waals surface area contributed by atoms with Crippen LogP contribution in [-0.2, 0) is 0 Å². The maximum atomic E-state index is 13.5. The summed E-state index contributed by atoms with van der Waals surface area (Å²) in [4.78, 5) is 11.1. The zero-order chi connectivity index (χ0) is 14.2. The van der Waals surface area contributed by atoms with E-state index in [0.717, 1.165) is 0 Å². The first kappa shape index (κ1) is 14.0. The smallest absolute Gasteiger partial charge is 0.153 e. The highest BCUT2D eigenvalue weighted by atomic mass is 35.5. The monoisotopic (exact) mass is 300 g/mol. The van der Waals surface area contributed by atoms with E-state index in [-0.39, 0.29) is 16.1 Å². The third kappa shape index (κ3) is 2.65. The van der Waals surface area contributed by atoms with E-state index in [0.29, 0.717) is 23.1 Å². The molecule has 0 atom stereocenters. The number of benzene rings is 1. The standard InChI is InChI=1S/C13H11Cl2FN2O/c1-7(2)18-5-8(6-19)13(17-18)9-3-12(16)11(15)4-10(9)14/h3-7H,1-2H3. The van der Waals surface area contributed by atoms with Crippen LogP contribution in [0.5, 0.6) is 0 Å². The van der Waals surface area contributed by atoms with Crippen LogP contribution < -0.4 is 0 Å². The van der Waals surface area contributed by atoms with E-state index in [9.17, 15) is 9.18 Å². The van der Waals surface area contributed by atoms with E-state index in [2.05, 4.69) is 5.10 Å². The minimum atomic E-state index is -0.600. The molecular weight excluding hydrogens is 290 g/mol. The SMILES string of the molecule is CC(C)n1cc(C=O)c(-c2cc(F)c(Cl)cc2Cl)n1. The van der Waals surface area contributed by atoms with Crippen molar-refractivity contribution in [2.45, 2.75) is 19.9 Å². The van der Waals surface area contributed by atoms with Crippen molar-refractivity contribution in [3.05, 3.63) is 39.8 Å². The Kier molecular flexibility index (Phi) is 3.92. The summed E-state index contributed by atoms with van der Waals surface area (Å²) in [5, 5.41) is 4.46. The topological polar surface area (TPSA) is 34.9 Å². The maximum Gasteiger partial charge on any atom is 0.153 e. The summed E-state index contributed by atoms with van der Waals surface area (Å²) in [6.45, 7) is 3.85. The number of carbonyl (C=O) groups is 1. The van der Waals surface area contributed by atoms with Crippen LogP contribution in [0.15, 0.2) is 18.3 Å². The molecule has 19 heavy (non-hydrogen) atoms. The van der Waals surface area contributed by atoms with Crippen LogP contribution >= 0.6 is 23.2 Å². The molecule has 0 unspecified atom stereocenters. The van der Waals surface area contributed by atoms with Gasteiger partial charge in [0, 0.05) is 17.8 Å². The quantitative estimate of drug-likeness (QED) is 0.622. The number of aldehydes is 1. The molecule has 0 saturated heterocycles. The fraction of sp³-hybridized carbons (Fsp3) is 0.231. The van der Waals surface area contributed by atoms with E-state index in [4.69, 9.17) is 23.2 Å². The number of hydrogen-bond donors (Lipinski definition) is 0. The molecule has 2 aromatic rings. The molecule has 6 heteroatoms. The molecule has 0 N–H and O–H groups in total. The molecule has 1 heterocycles. The van der Waals surface area contributed by atoms with Crippen molar-refractivity contribution < 1.29 is 9.18 Å². The van der Waals surface area contributed by atoms with Gasteiger partial charge in [-0.3, -0.25) is 9.48 Å².